The van der Waals surface area contributed by atoms with Crippen LogP contribution in [0.3, 0.4) is 0 Å². The average molecular weight is 241 g/mol. The van der Waals surface area contributed by atoms with Gasteiger partial charge in [-0.05, 0) is 13.8 Å². The highest BCUT2D eigenvalue weighted by Gasteiger charge is 2.31. The van der Waals surface area contributed by atoms with Gasteiger partial charge in [-0.3, -0.25) is 0 Å². The molecule has 0 aromatic carbocycles. The number of nitrogens with zero attached hydrogens (tertiary/aromatic N) is 1. The topological polar surface area (TPSA) is 46.2 Å². The second kappa shape index (κ2) is 5.23. The van der Waals surface area contributed by atoms with Crippen molar-refractivity contribution in [3.05, 3.63) is 16.1 Å². The van der Waals surface area contributed by atoms with Crippen LogP contribution < -0.4 is 10.6 Å². The van der Waals surface area contributed by atoms with Gasteiger partial charge in [-0.15, -0.1) is 11.3 Å². The molecule has 0 atom stereocenters. The van der Waals surface area contributed by atoms with Crippen molar-refractivity contribution in [2.45, 2.75) is 26.0 Å². The van der Waals surface area contributed by atoms with Crippen molar-refractivity contribution in [1.82, 2.24) is 15.6 Å². The van der Waals surface area contributed by atoms with Crippen molar-refractivity contribution < 1.29 is 4.74 Å². The molecular weight excluding hydrogens is 222 g/mol. The van der Waals surface area contributed by atoms with Gasteiger partial charge in [-0.1, -0.05) is 0 Å². The van der Waals surface area contributed by atoms with Crippen molar-refractivity contribution in [3.63, 3.8) is 0 Å². The molecule has 16 heavy (non-hydrogen) atoms. The van der Waals surface area contributed by atoms with Crippen LogP contribution in [0.2, 0.25) is 0 Å². The predicted molar refractivity (Wildman–Crippen MR) is 65.8 cm³/mol. The Kier molecular flexibility index (Phi) is 3.91. The standard InChI is InChI=1S/C11H19N3OS/c1-9-5-14-10(16-9)6-12-3-4-15-11(2)7-13-8-11/h5,12-13H,3-4,6-8H2,1-2H3. The summed E-state index contributed by atoms with van der Waals surface area (Å²) in [5.41, 5.74) is 0.0689. The Morgan fingerprint density at radius 2 is 2.44 bits per heavy atom. The lowest BCUT2D eigenvalue weighted by Gasteiger charge is -2.39. The maximum Gasteiger partial charge on any atom is 0.107 e. The Bertz CT molecular complexity index is 336. The molecule has 1 saturated heterocycles. The second-order valence-corrected chi connectivity index (χ2v) is 5.76. The van der Waals surface area contributed by atoms with Gasteiger partial charge in [-0.2, -0.15) is 0 Å². The van der Waals surface area contributed by atoms with Crippen molar-refractivity contribution in [2.75, 3.05) is 26.2 Å². The lowest BCUT2D eigenvalue weighted by atomic mass is 10.0. The van der Waals surface area contributed by atoms with Gasteiger partial charge in [0.15, 0.2) is 0 Å². The third kappa shape index (κ3) is 3.25. The molecule has 2 N–H and O–H groups in total. The fraction of sp³-hybridized carbons (Fsp3) is 0.727. The first-order valence-electron chi connectivity index (χ1n) is 5.65. The zero-order valence-corrected chi connectivity index (χ0v) is 10.7. The predicted octanol–water partition coefficient (Wildman–Crippen LogP) is 0.920. The smallest absolute Gasteiger partial charge is 0.107 e. The Labute approximate surface area is 100 Å². The SMILES string of the molecule is Cc1cnc(CNCCOC2(C)CNC2)s1. The summed E-state index contributed by atoms with van der Waals surface area (Å²) >= 11 is 1.74. The number of nitrogens with one attached hydrogen (secondary N) is 2. The van der Waals surface area contributed by atoms with E-state index in [1.54, 1.807) is 11.3 Å². The highest BCUT2D eigenvalue weighted by molar-refractivity contribution is 7.11. The van der Waals surface area contributed by atoms with E-state index < -0.39 is 0 Å². The Balaban J connectivity index is 1.55. The summed E-state index contributed by atoms with van der Waals surface area (Å²) < 4.78 is 5.77. The summed E-state index contributed by atoms with van der Waals surface area (Å²) in [5.74, 6) is 0. The molecule has 2 rings (SSSR count). The second-order valence-electron chi connectivity index (χ2n) is 4.44. The van der Waals surface area contributed by atoms with Crippen molar-refractivity contribution >= 4 is 11.3 Å². The van der Waals surface area contributed by atoms with Gasteiger partial charge in [0.2, 0.25) is 0 Å². The quantitative estimate of drug-likeness (QED) is 0.727. The van der Waals surface area contributed by atoms with E-state index in [4.69, 9.17) is 4.74 Å². The number of hydrogen-bond donors (Lipinski definition) is 2. The molecular formula is C11H19N3OS. The fourth-order valence-corrected chi connectivity index (χ4v) is 2.38. The molecule has 0 spiro atoms. The van der Waals surface area contributed by atoms with Gasteiger partial charge in [0, 0.05) is 37.3 Å². The van der Waals surface area contributed by atoms with Crippen LogP contribution in [0.15, 0.2) is 6.20 Å². The van der Waals surface area contributed by atoms with E-state index in [-0.39, 0.29) is 5.60 Å². The Hall–Kier alpha value is -0.490. The number of aromatic nitrogens is 1. The zero-order chi connectivity index (χ0) is 11.4. The molecule has 0 unspecified atom stereocenters. The maximum absolute atomic E-state index is 5.77. The molecule has 1 aliphatic rings. The molecule has 1 aromatic rings. The largest absolute Gasteiger partial charge is 0.371 e. The third-order valence-electron chi connectivity index (χ3n) is 2.67. The molecule has 0 saturated carbocycles. The third-order valence-corrected chi connectivity index (χ3v) is 3.59. The first-order chi connectivity index (χ1) is 7.68. The number of hydrogen-bond acceptors (Lipinski definition) is 5. The van der Waals surface area contributed by atoms with Crippen LogP contribution in [0.25, 0.3) is 0 Å². The van der Waals surface area contributed by atoms with Crippen molar-refractivity contribution in [3.8, 4) is 0 Å². The lowest BCUT2D eigenvalue weighted by Crippen LogP contribution is -2.59. The molecule has 0 amide bonds. The van der Waals surface area contributed by atoms with E-state index in [0.717, 1.165) is 37.8 Å². The van der Waals surface area contributed by atoms with Crippen LogP contribution in [0.4, 0.5) is 0 Å². The number of rotatable bonds is 6. The Morgan fingerprint density at radius 1 is 1.62 bits per heavy atom. The number of thiazole rings is 1. The van der Waals surface area contributed by atoms with E-state index in [1.165, 1.54) is 4.88 Å². The van der Waals surface area contributed by atoms with E-state index in [9.17, 15) is 0 Å². The minimum absolute atomic E-state index is 0.0689. The molecule has 90 valence electrons. The van der Waals surface area contributed by atoms with Crippen LogP contribution in [0.5, 0.6) is 0 Å². The minimum Gasteiger partial charge on any atom is -0.371 e. The van der Waals surface area contributed by atoms with E-state index >= 15 is 0 Å². The zero-order valence-electron chi connectivity index (χ0n) is 9.88. The van der Waals surface area contributed by atoms with Crippen LogP contribution in [0, 0.1) is 6.92 Å². The van der Waals surface area contributed by atoms with E-state index in [0.29, 0.717) is 0 Å². The first kappa shape index (κ1) is 12.0. The molecule has 0 bridgehead atoms. The van der Waals surface area contributed by atoms with Crippen molar-refractivity contribution in [2.24, 2.45) is 0 Å². The van der Waals surface area contributed by atoms with Crippen LogP contribution in [-0.2, 0) is 11.3 Å². The van der Waals surface area contributed by atoms with Crippen LogP contribution in [0.1, 0.15) is 16.8 Å². The molecule has 0 radical (unpaired) electrons. The van der Waals surface area contributed by atoms with Crippen LogP contribution >= 0.6 is 11.3 Å². The summed E-state index contributed by atoms with van der Waals surface area (Å²) in [5, 5.41) is 7.70. The van der Waals surface area contributed by atoms with Crippen molar-refractivity contribution in [1.29, 1.82) is 0 Å². The Morgan fingerprint density at radius 3 is 3.00 bits per heavy atom. The lowest BCUT2D eigenvalue weighted by molar-refractivity contribution is -0.0648. The molecule has 5 heteroatoms. The highest BCUT2D eigenvalue weighted by atomic mass is 32.1. The molecule has 4 nitrogen and oxygen atoms in total. The van der Waals surface area contributed by atoms with Gasteiger partial charge in [-0.25, -0.2) is 4.98 Å². The summed E-state index contributed by atoms with van der Waals surface area (Å²) in [6, 6.07) is 0. The van der Waals surface area contributed by atoms with E-state index in [1.807, 2.05) is 6.20 Å². The van der Waals surface area contributed by atoms with Gasteiger partial charge in [0.05, 0.1) is 12.2 Å². The fourth-order valence-electron chi connectivity index (χ4n) is 1.63. The molecule has 0 aliphatic carbocycles. The summed E-state index contributed by atoms with van der Waals surface area (Å²) in [7, 11) is 0. The minimum atomic E-state index is 0.0689. The monoisotopic (exact) mass is 241 g/mol. The number of ether oxygens (including phenoxy) is 1. The molecule has 1 fully saturated rings. The number of aryl methyl sites for hydroxylation is 1. The van der Waals surface area contributed by atoms with Gasteiger partial charge < -0.3 is 15.4 Å². The molecule has 2 heterocycles. The van der Waals surface area contributed by atoms with Gasteiger partial charge in [0.1, 0.15) is 5.01 Å². The normalized spacial score (nSPS) is 18.4. The first-order valence-corrected chi connectivity index (χ1v) is 6.46. The van der Waals surface area contributed by atoms with Gasteiger partial charge >= 0.3 is 0 Å². The summed E-state index contributed by atoms with van der Waals surface area (Å²) in [6.45, 7) is 8.66. The summed E-state index contributed by atoms with van der Waals surface area (Å²) in [6.07, 6.45) is 1.92. The van der Waals surface area contributed by atoms with Crippen LogP contribution in [-0.4, -0.2) is 36.8 Å². The molecule has 1 aromatic heterocycles. The van der Waals surface area contributed by atoms with E-state index in [2.05, 4.69) is 29.5 Å². The summed E-state index contributed by atoms with van der Waals surface area (Å²) in [4.78, 5) is 5.56. The molecule has 1 aliphatic heterocycles. The van der Waals surface area contributed by atoms with Gasteiger partial charge in [0.25, 0.3) is 0 Å². The highest BCUT2D eigenvalue weighted by Crippen LogP contribution is 2.14. The average Bonchev–Trinajstić information content (AvgIpc) is 2.61. The maximum atomic E-state index is 5.77.